The van der Waals surface area contributed by atoms with Gasteiger partial charge in [0.2, 0.25) is 5.91 Å². The van der Waals surface area contributed by atoms with Crippen LogP contribution in [0.25, 0.3) is 0 Å². The van der Waals surface area contributed by atoms with E-state index < -0.39 is 6.04 Å². The van der Waals surface area contributed by atoms with Crippen LogP contribution in [0, 0.1) is 0 Å². The molecule has 160 valence electrons. The number of rotatable bonds is 18. The van der Waals surface area contributed by atoms with Crippen LogP contribution < -0.4 is 11.1 Å². The fraction of sp³-hybridized carbons (Fsp3) is 0.708. The van der Waals surface area contributed by atoms with Crippen molar-refractivity contribution in [2.45, 2.75) is 96.6 Å². The Morgan fingerprint density at radius 1 is 0.893 bits per heavy atom. The van der Waals surface area contributed by atoms with Gasteiger partial charge in [0.1, 0.15) is 6.04 Å². The number of benzene rings is 1. The second kappa shape index (κ2) is 17.7. The van der Waals surface area contributed by atoms with E-state index in [2.05, 4.69) is 12.2 Å². The van der Waals surface area contributed by atoms with E-state index in [1.165, 1.54) is 70.6 Å². The molecule has 3 N–H and O–H groups in total. The number of carbonyl (C=O) groups is 1. The summed E-state index contributed by atoms with van der Waals surface area (Å²) in [5.74, 6) is -0.115. The minimum Gasteiger partial charge on any atom is -0.375 e. The van der Waals surface area contributed by atoms with E-state index in [-0.39, 0.29) is 12.5 Å². The van der Waals surface area contributed by atoms with Crippen molar-refractivity contribution in [1.29, 1.82) is 0 Å². The van der Waals surface area contributed by atoms with Gasteiger partial charge in [0.25, 0.3) is 0 Å². The van der Waals surface area contributed by atoms with Crippen molar-refractivity contribution in [3.63, 3.8) is 0 Å². The third-order valence-electron chi connectivity index (χ3n) is 5.08. The van der Waals surface area contributed by atoms with E-state index in [0.29, 0.717) is 13.2 Å². The first-order valence-electron chi connectivity index (χ1n) is 11.4. The summed E-state index contributed by atoms with van der Waals surface area (Å²) >= 11 is 0. The van der Waals surface area contributed by atoms with E-state index in [4.69, 9.17) is 10.5 Å². The van der Waals surface area contributed by atoms with Crippen molar-refractivity contribution in [1.82, 2.24) is 5.32 Å². The lowest BCUT2D eigenvalue weighted by Gasteiger charge is -2.13. The van der Waals surface area contributed by atoms with Gasteiger partial charge in [-0.3, -0.25) is 4.79 Å². The summed E-state index contributed by atoms with van der Waals surface area (Å²) in [4.78, 5) is 12.0. The summed E-state index contributed by atoms with van der Waals surface area (Å²) in [6.45, 7) is 3.71. The van der Waals surface area contributed by atoms with E-state index in [9.17, 15) is 4.79 Å². The van der Waals surface area contributed by atoms with E-state index in [1.807, 2.05) is 30.3 Å². The average Bonchev–Trinajstić information content (AvgIpc) is 2.72. The van der Waals surface area contributed by atoms with Crippen LogP contribution in [0.5, 0.6) is 0 Å². The molecule has 0 aromatic heterocycles. The van der Waals surface area contributed by atoms with E-state index in [0.717, 1.165) is 12.0 Å². The highest BCUT2D eigenvalue weighted by molar-refractivity contribution is 5.81. The van der Waals surface area contributed by atoms with Gasteiger partial charge in [-0.25, -0.2) is 0 Å². The highest BCUT2D eigenvalue weighted by atomic mass is 16.5. The summed E-state index contributed by atoms with van der Waals surface area (Å²) in [5.41, 5.74) is 6.98. The number of nitrogens with one attached hydrogen (secondary N) is 1. The summed E-state index contributed by atoms with van der Waals surface area (Å²) in [6.07, 6.45) is 15.8. The molecule has 0 aliphatic rings. The third kappa shape index (κ3) is 13.7. The van der Waals surface area contributed by atoms with Gasteiger partial charge in [-0.15, -0.1) is 0 Å². The van der Waals surface area contributed by atoms with Crippen LogP contribution in [-0.2, 0) is 16.1 Å². The van der Waals surface area contributed by atoms with Crippen LogP contribution in [0.3, 0.4) is 0 Å². The summed E-state index contributed by atoms with van der Waals surface area (Å²) in [5, 5.41) is 2.92. The molecule has 4 heteroatoms. The number of hydrogen-bond donors (Lipinski definition) is 2. The van der Waals surface area contributed by atoms with Crippen LogP contribution in [0.1, 0.15) is 89.5 Å². The lowest BCUT2D eigenvalue weighted by molar-refractivity contribution is -0.123. The topological polar surface area (TPSA) is 64.4 Å². The largest absolute Gasteiger partial charge is 0.375 e. The Hall–Kier alpha value is -1.39. The number of unbranched alkanes of at least 4 members (excludes halogenated alkanes) is 11. The molecule has 1 rings (SSSR count). The first-order valence-corrected chi connectivity index (χ1v) is 11.4. The Kier molecular flexibility index (Phi) is 15.6. The highest BCUT2D eigenvalue weighted by Gasteiger charge is 2.12. The van der Waals surface area contributed by atoms with Crippen LogP contribution in [0.15, 0.2) is 30.3 Å². The Balaban J connectivity index is 1.86. The molecule has 0 heterocycles. The van der Waals surface area contributed by atoms with Gasteiger partial charge in [0, 0.05) is 6.54 Å². The average molecular weight is 391 g/mol. The molecule has 0 saturated heterocycles. The van der Waals surface area contributed by atoms with Gasteiger partial charge in [-0.2, -0.15) is 0 Å². The third-order valence-corrected chi connectivity index (χ3v) is 5.08. The molecule has 28 heavy (non-hydrogen) atoms. The van der Waals surface area contributed by atoms with E-state index in [1.54, 1.807) is 0 Å². The molecule has 1 aromatic rings. The van der Waals surface area contributed by atoms with Crippen LogP contribution in [-0.4, -0.2) is 25.1 Å². The van der Waals surface area contributed by atoms with Crippen LogP contribution in [0.4, 0.5) is 0 Å². The highest BCUT2D eigenvalue weighted by Crippen LogP contribution is 2.11. The van der Waals surface area contributed by atoms with Gasteiger partial charge in [0.15, 0.2) is 0 Å². The Morgan fingerprint density at radius 2 is 1.43 bits per heavy atom. The maximum absolute atomic E-state index is 12.0. The molecule has 0 unspecified atom stereocenters. The van der Waals surface area contributed by atoms with Gasteiger partial charge in [-0.1, -0.05) is 108 Å². The molecule has 0 saturated carbocycles. The number of hydrogen-bond acceptors (Lipinski definition) is 3. The quantitative estimate of drug-likeness (QED) is 0.332. The number of ether oxygens (including phenoxy) is 1. The normalized spacial score (nSPS) is 12.1. The zero-order chi connectivity index (χ0) is 20.3. The summed E-state index contributed by atoms with van der Waals surface area (Å²) in [6, 6.07) is 9.32. The van der Waals surface area contributed by atoms with Crippen molar-refractivity contribution in [3.05, 3.63) is 35.9 Å². The van der Waals surface area contributed by atoms with Crippen molar-refractivity contribution in [3.8, 4) is 0 Å². The van der Waals surface area contributed by atoms with E-state index >= 15 is 0 Å². The fourth-order valence-corrected chi connectivity index (χ4v) is 3.26. The smallest absolute Gasteiger partial charge is 0.239 e. The van der Waals surface area contributed by atoms with Gasteiger partial charge in [-0.05, 0) is 12.0 Å². The lowest BCUT2D eigenvalue weighted by Crippen LogP contribution is -2.43. The van der Waals surface area contributed by atoms with Crippen molar-refractivity contribution in [2.75, 3.05) is 13.2 Å². The second-order valence-electron chi connectivity index (χ2n) is 7.79. The molecule has 0 radical (unpaired) electrons. The number of amides is 1. The molecule has 0 fully saturated rings. The lowest BCUT2D eigenvalue weighted by atomic mass is 10.1. The standard InChI is InChI=1S/C24H42N2O2/c1-2-3-4-5-6-7-8-9-10-11-12-16-19-26-24(27)23(25)21-28-20-22-17-14-13-15-18-22/h13-15,17-18,23H,2-12,16,19-21,25H2,1H3,(H,26,27)/t23-/m0/s1. The molecule has 0 aliphatic carbocycles. The Labute approximate surface area is 172 Å². The minimum atomic E-state index is -0.596. The zero-order valence-corrected chi connectivity index (χ0v) is 18.0. The zero-order valence-electron chi connectivity index (χ0n) is 18.0. The summed E-state index contributed by atoms with van der Waals surface area (Å²) in [7, 11) is 0. The molecular formula is C24H42N2O2. The molecule has 0 aliphatic heterocycles. The fourth-order valence-electron chi connectivity index (χ4n) is 3.26. The van der Waals surface area contributed by atoms with Crippen molar-refractivity contribution < 1.29 is 9.53 Å². The molecule has 1 atom stereocenters. The van der Waals surface area contributed by atoms with Crippen molar-refractivity contribution >= 4 is 5.91 Å². The predicted octanol–water partition coefficient (Wildman–Crippen LogP) is 5.35. The maximum atomic E-state index is 12.0. The van der Waals surface area contributed by atoms with Crippen LogP contribution in [0.2, 0.25) is 0 Å². The number of nitrogens with two attached hydrogens (primary N) is 1. The van der Waals surface area contributed by atoms with Crippen LogP contribution >= 0.6 is 0 Å². The first-order chi connectivity index (χ1) is 13.7. The molecule has 0 bridgehead atoms. The van der Waals surface area contributed by atoms with Crippen molar-refractivity contribution in [2.24, 2.45) is 5.73 Å². The van der Waals surface area contributed by atoms with Gasteiger partial charge in [0.05, 0.1) is 13.2 Å². The first kappa shape index (κ1) is 24.6. The molecule has 4 nitrogen and oxygen atoms in total. The molecule has 1 aromatic carbocycles. The SMILES string of the molecule is CCCCCCCCCCCCCCNC(=O)[C@@H](N)COCc1ccccc1. The van der Waals surface area contributed by atoms with Gasteiger partial charge >= 0.3 is 0 Å². The molecule has 0 spiro atoms. The molecular weight excluding hydrogens is 348 g/mol. The Morgan fingerprint density at radius 3 is 2.00 bits per heavy atom. The second-order valence-corrected chi connectivity index (χ2v) is 7.79. The maximum Gasteiger partial charge on any atom is 0.239 e. The number of carbonyl (C=O) groups excluding carboxylic acids is 1. The van der Waals surface area contributed by atoms with Gasteiger partial charge < -0.3 is 15.8 Å². The molecule has 1 amide bonds. The Bertz CT molecular complexity index is 479. The predicted molar refractivity (Wildman–Crippen MR) is 118 cm³/mol. The monoisotopic (exact) mass is 390 g/mol. The summed E-state index contributed by atoms with van der Waals surface area (Å²) < 4.78 is 5.54. The minimum absolute atomic E-state index is 0.115.